The molecule has 28 heteroatoms. The molecule has 3 atom stereocenters. The second kappa shape index (κ2) is 32.1. The first kappa shape index (κ1) is 72.9. The average Bonchev–Trinajstić information content (AvgIpc) is 1.70. The molecule has 0 saturated carbocycles. The van der Waals surface area contributed by atoms with Gasteiger partial charge in [0.2, 0.25) is 0 Å². The molecule has 5 aliphatic rings. The van der Waals surface area contributed by atoms with Gasteiger partial charge >= 0.3 is 0 Å². The van der Waals surface area contributed by atoms with E-state index in [-0.39, 0.29) is 44.2 Å². The molecule has 3 aromatic heterocycles. The first-order valence-corrected chi connectivity index (χ1v) is 36.7. The zero-order chi connectivity index (χ0) is 64.2. The van der Waals surface area contributed by atoms with Crippen molar-refractivity contribution in [3.05, 3.63) is 142 Å². The van der Waals surface area contributed by atoms with E-state index in [1.807, 2.05) is 82.6 Å². The highest BCUT2D eigenvalue weighted by molar-refractivity contribution is 7.91. The largest absolute Gasteiger partial charge is 0.394 e. The molecule has 5 fully saturated rings. The maximum absolute atomic E-state index is 13.1. The number of aldehydes is 1. The van der Waals surface area contributed by atoms with E-state index in [0.717, 1.165) is 86.0 Å². The number of thiophene rings is 3. The standard InChI is InChI=1S/C22H31N3O4S2.C18H24N2O4S2.C18H22N2O4S2.C4H9NO.ClH/c1-22(2,26)18-5-7-19(8-6-18)25-10-9-24(31(27,28)21-4-3-15-30-21)17-20(25)16-23-11-13-29-14-12-23;2*1-18(2,22)14-5-7-15(8-6-14)20-10-9-19(12-16(20)13-21)26(23,24)17-4-3-11-25-17;1-3-6-4-2-5-1;/h3-8,15,20,26H,9-14,16-17H2,1-2H3;3-8,11,16,21-22H,9-10,12-13H2,1-2H3;3-8,11,13,16,22H,9-10,12H2,1-2H3;5H,1-4H2;1H. The van der Waals surface area contributed by atoms with E-state index < -0.39 is 52.9 Å². The first-order valence-electron chi connectivity index (χ1n) is 29.8. The number of sulfonamides is 3. The van der Waals surface area contributed by atoms with Crippen LogP contribution in [0, 0.1) is 0 Å². The number of nitrogens with zero attached hydrogens (tertiary/aromatic N) is 7. The Balaban J connectivity index is 0.000000183. The molecule has 5 aliphatic heterocycles. The fraction of sp³-hybridized carbons (Fsp3) is 0.500. The topological polar surface area (TPSA) is 254 Å². The zero-order valence-electron chi connectivity index (χ0n) is 51.8. The van der Waals surface area contributed by atoms with Crippen molar-refractivity contribution in [2.45, 2.75) is 89.1 Å². The molecule has 496 valence electrons. The van der Waals surface area contributed by atoms with Crippen LogP contribution in [0.3, 0.4) is 0 Å². The van der Waals surface area contributed by atoms with Gasteiger partial charge in [0, 0.05) is 109 Å². The van der Waals surface area contributed by atoms with Gasteiger partial charge < -0.3 is 54.7 Å². The third-order valence-corrected chi connectivity index (χ3v) is 25.8. The summed E-state index contributed by atoms with van der Waals surface area (Å²) in [5.41, 5.74) is 2.51. The second-order valence-corrected chi connectivity index (χ2v) is 33.1. The number of nitrogens with one attached hydrogen (secondary N) is 1. The Morgan fingerprint density at radius 2 is 0.833 bits per heavy atom. The van der Waals surface area contributed by atoms with E-state index in [2.05, 4.69) is 15.1 Å². The van der Waals surface area contributed by atoms with Crippen molar-refractivity contribution in [2.24, 2.45) is 0 Å². The number of piperazine rings is 3. The predicted octanol–water partition coefficient (Wildman–Crippen LogP) is 6.12. The first-order chi connectivity index (χ1) is 42.2. The number of benzene rings is 3. The molecule has 0 radical (unpaired) electrons. The van der Waals surface area contributed by atoms with Gasteiger partial charge in [-0.05, 0) is 129 Å². The Bertz CT molecular complexity index is 3460. The lowest BCUT2D eigenvalue weighted by molar-refractivity contribution is -0.109. The van der Waals surface area contributed by atoms with Gasteiger partial charge in [-0.2, -0.15) is 12.9 Å². The second-order valence-electron chi connectivity index (χ2n) is 23.8. The third kappa shape index (κ3) is 18.9. The van der Waals surface area contributed by atoms with Crippen LogP contribution >= 0.6 is 46.4 Å². The van der Waals surface area contributed by atoms with Crippen molar-refractivity contribution in [1.29, 1.82) is 0 Å². The van der Waals surface area contributed by atoms with Crippen molar-refractivity contribution in [2.75, 3.05) is 139 Å². The lowest BCUT2D eigenvalue weighted by Crippen LogP contribution is -2.59. The highest BCUT2D eigenvalue weighted by Gasteiger charge is 2.39. The minimum atomic E-state index is -3.56. The number of carbonyl (C=O) groups is 1. The van der Waals surface area contributed by atoms with Crippen LogP contribution in [0.25, 0.3) is 0 Å². The zero-order valence-corrected chi connectivity index (χ0v) is 57.5. The molecule has 11 rings (SSSR count). The maximum Gasteiger partial charge on any atom is 0.252 e. The van der Waals surface area contributed by atoms with E-state index in [1.165, 1.54) is 42.6 Å². The van der Waals surface area contributed by atoms with Crippen molar-refractivity contribution < 1.29 is 59.9 Å². The van der Waals surface area contributed by atoms with Crippen LogP contribution in [0.2, 0.25) is 0 Å². The fourth-order valence-electron chi connectivity index (χ4n) is 10.9. The molecule has 90 heavy (non-hydrogen) atoms. The number of hydrogen-bond acceptors (Lipinski definition) is 21. The van der Waals surface area contributed by atoms with Crippen molar-refractivity contribution >= 4 is 99.8 Å². The van der Waals surface area contributed by atoms with Crippen LogP contribution in [-0.4, -0.2) is 213 Å². The van der Waals surface area contributed by atoms with Crippen molar-refractivity contribution in [1.82, 2.24) is 23.1 Å². The summed E-state index contributed by atoms with van der Waals surface area (Å²) in [5.74, 6) is 0. The summed E-state index contributed by atoms with van der Waals surface area (Å²) in [6.45, 7) is 21.6. The molecular formula is C62H87ClN8O13S6. The Morgan fingerprint density at radius 3 is 1.16 bits per heavy atom. The van der Waals surface area contributed by atoms with Crippen LogP contribution in [0.1, 0.15) is 58.2 Å². The van der Waals surface area contributed by atoms with Crippen LogP contribution in [-0.2, 0) is 61.1 Å². The number of hydrogen-bond donors (Lipinski definition) is 5. The number of morpholine rings is 2. The van der Waals surface area contributed by atoms with Gasteiger partial charge in [0.1, 0.15) is 18.9 Å². The van der Waals surface area contributed by atoms with Gasteiger partial charge in [0.25, 0.3) is 30.1 Å². The molecule has 8 heterocycles. The molecule has 0 bridgehead atoms. The summed E-state index contributed by atoms with van der Waals surface area (Å²) >= 11 is 3.65. The molecule has 5 saturated heterocycles. The number of carbonyl (C=O) groups excluding carboxylic acids is 1. The number of halogens is 1. The monoisotopic (exact) mass is 1380 g/mol. The highest BCUT2D eigenvalue weighted by Crippen LogP contribution is 2.33. The molecule has 3 aromatic carbocycles. The molecule has 3 unspecified atom stereocenters. The summed E-state index contributed by atoms with van der Waals surface area (Å²) in [7, 11) is -10.5. The minimum absolute atomic E-state index is 0. The normalized spacial score (nSPS) is 20.5. The van der Waals surface area contributed by atoms with Crippen LogP contribution in [0.4, 0.5) is 17.1 Å². The minimum Gasteiger partial charge on any atom is -0.394 e. The maximum atomic E-state index is 13.1. The quantitative estimate of drug-likeness (QED) is 0.0685. The summed E-state index contributed by atoms with van der Waals surface area (Å²) in [4.78, 5) is 20.2. The highest BCUT2D eigenvalue weighted by atomic mass is 35.5. The van der Waals surface area contributed by atoms with Crippen LogP contribution in [0.15, 0.2) is 138 Å². The van der Waals surface area contributed by atoms with E-state index in [0.29, 0.717) is 71.7 Å². The van der Waals surface area contributed by atoms with Gasteiger partial charge in [-0.3, -0.25) is 4.90 Å². The van der Waals surface area contributed by atoms with Gasteiger partial charge in [-0.1, -0.05) is 54.6 Å². The fourth-order valence-corrected chi connectivity index (χ4v) is 18.7. The Morgan fingerprint density at radius 1 is 0.489 bits per heavy atom. The Labute approximate surface area is 549 Å². The molecule has 0 amide bonds. The smallest absolute Gasteiger partial charge is 0.252 e. The van der Waals surface area contributed by atoms with Gasteiger partial charge in [0.05, 0.1) is 68.0 Å². The van der Waals surface area contributed by atoms with Gasteiger partial charge in [-0.15, -0.1) is 46.4 Å². The van der Waals surface area contributed by atoms with E-state index >= 15 is 0 Å². The number of anilines is 3. The van der Waals surface area contributed by atoms with Crippen molar-refractivity contribution in [3.63, 3.8) is 0 Å². The molecule has 0 aliphatic carbocycles. The number of ether oxygens (including phenoxy) is 2. The predicted molar refractivity (Wildman–Crippen MR) is 359 cm³/mol. The van der Waals surface area contributed by atoms with Crippen LogP contribution < -0.4 is 20.0 Å². The summed E-state index contributed by atoms with van der Waals surface area (Å²) in [5, 5.41) is 48.7. The number of aliphatic hydroxyl groups is 4. The van der Waals surface area contributed by atoms with Crippen molar-refractivity contribution in [3.8, 4) is 0 Å². The Kier molecular flexibility index (Phi) is 26.0. The number of rotatable bonds is 16. The van der Waals surface area contributed by atoms with Crippen LogP contribution in [0.5, 0.6) is 0 Å². The molecule has 6 aromatic rings. The molecule has 5 N–H and O–H groups in total. The molecular weight excluding hydrogens is 1290 g/mol. The van der Waals surface area contributed by atoms with E-state index in [9.17, 15) is 50.5 Å². The number of aliphatic hydroxyl groups excluding tert-OH is 1. The summed E-state index contributed by atoms with van der Waals surface area (Å²) in [6.07, 6.45) is 0.792. The molecule has 21 nitrogen and oxygen atoms in total. The lowest BCUT2D eigenvalue weighted by atomic mass is 9.98. The summed E-state index contributed by atoms with van der Waals surface area (Å²) in [6, 6.07) is 32.1. The van der Waals surface area contributed by atoms with Gasteiger partial charge in [0.15, 0.2) is 0 Å². The summed E-state index contributed by atoms with van der Waals surface area (Å²) < 4.78 is 93.1. The van der Waals surface area contributed by atoms with E-state index in [4.69, 9.17) is 9.47 Å². The average molecular weight is 1380 g/mol. The lowest BCUT2D eigenvalue weighted by Gasteiger charge is -2.44. The van der Waals surface area contributed by atoms with E-state index in [1.54, 1.807) is 98.4 Å². The SMILES string of the molecule is C1COCCN1.CC(C)(O)c1ccc(N2CCN(S(=O)(=O)c3cccs3)CC2C=O)cc1.CC(C)(O)c1ccc(N2CCN(S(=O)(=O)c3cccs3)CC2CN2CCOCC2)cc1.CC(C)(O)c1ccc(N2CCN(S(=O)(=O)c3cccs3)CC2CO)cc1.Cl. The molecule has 0 spiro atoms. The third-order valence-electron chi connectivity index (χ3n) is 16.0. The van der Waals surface area contributed by atoms with Gasteiger partial charge in [-0.25, -0.2) is 25.3 Å². The Hall–Kier alpha value is -4.47.